The highest BCUT2D eigenvalue weighted by atomic mass is 16.1. The summed E-state index contributed by atoms with van der Waals surface area (Å²) in [7, 11) is 0. The summed E-state index contributed by atoms with van der Waals surface area (Å²) >= 11 is 0. The third kappa shape index (κ3) is 2.14. The van der Waals surface area contributed by atoms with Crippen LogP contribution in [0, 0.1) is 0 Å². The molecule has 0 aliphatic carbocycles. The molecule has 2 rings (SSSR count). The topological polar surface area (TPSA) is 65.1 Å². The zero-order valence-electron chi connectivity index (χ0n) is 10.5. The fourth-order valence-electron chi connectivity index (χ4n) is 2.08. The van der Waals surface area contributed by atoms with E-state index in [9.17, 15) is 9.59 Å². The van der Waals surface area contributed by atoms with Crippen LogP contribution in [-0.4, -0.2) is 10.5 Å². The van der Waals surface area contributed by atoms with Gasteiger partial charge in [-0.05, 0) is 18.1 Å². The summed E-state index contributed by atoms with van der Waals surface area (Å²) in [6.07, 6.45) is 1.74. The van der Waals surface area contributed by atoms with Crippen LogP contribution in [0.5, 0.6) is 0 Å². The number of carbonyl (C=O) groups is 1. The fraction of sp³-hybridized carbons (Fsp3) is 0.286. The number of amides is 1. The van der Waals surface area contributed by atoms with Crippen LogP contribution in [0.4, 0.5) is 0 Å². The second kappa shape index (κ2) is 4.64. The van der Waals surface area contributed by atoms with Gasteiger partial charge in [-0.2, -0.15) is 0 Å². The van der Waals surface area contributed by atoms with Gasteiger partial charge in [-0.3, -0.25) is 9.59 Å². The largest absolute Gasteiger partial charge is 0.368 e. The smallest absolute Gasteiger partial charge is 0.237 e. The predicted octanol–water partition coefficient (Wildman–Crippen LogP) is 1.61. The summed E-state index contributed by atoms with van der Waals surface area (Å²) in [5.74, 6) is -0.306. The normalized spacial score (nSPS) is 11.1. The van der Waals surface area contributed by atoms with Gasteiger partial charge in [-0.25, -0.2) is 0 Å². The van der Waals surface area contributed by atoms with Crippen LogP contribution in [0.2, 0.25) is 0 Å². The Balaban J connectivity index is 2.80. The summed E-state index contributed by atoms with van der Waals surface area (Å²) in [5.41, 5.74) is 6.72. The molecule has 0 radical (unpaired) electrons. The Morgan fingerprint density at radius 1 is 1.33 bits per heavy atom. The minimum Gasteiger partial charge on any atom is -0.368 e. The van der Waals surface area contributed by atoms with Gasteiger partial charge in [0.15, 0.2) is 5.43 Å². The lowest BCUT2D eigenvalue weighted by atomic mass is 10.0. The number of hydrogen-bond donors (Lipinski definition) is 1. The SMILES string of the molecule is CC(C)c1cn(CC(N)=O)c2ccccc2c1=O. The molecule has 1 amide bonds. The molecule has 0 bridgehead atoms. The van der Waals surface area contributed by atoms with Crippen molar-refractivity contribution in [2.45, 2.75) is 26.3 Å². The lowest BCUT2D eigenvalue weighted by Crippen LogP contribution is -2.22. The molecule has 4 heteroatoms. The van der Waals surface area contributed by atoms with Crippen LogP contribution < -0.4 is 11.2 Å². The Kier molecular flexibility index (Phi) is 3.19. The summed E-state index contributed by atoms with van der Waals surface area (Å²) in [6, 6.07) is 7.27. The van der Waals surface area contributed by atoms with Crippen LogP contribution >= 0.6 is 0 Å². The third-order valence-corrected chi connectivity index (χ3v) is 2.96. The van der Waals surface area contributed by atoms with E-state index in [4.69, 9.17) is 5.73 Å². The first kappa shape index (κ1) is 12.4. The molecule has 0 unspecified atom stereocenters. The van der Waals surface area contributed by atoms with Gasteiger partial charge < -0.3 is 10.3 Å². The molecule has 2 aromatic rings. The van der Waals surface area contributed by atoms with Crippen molar-refractivity contribution in [3.05, 3.63) is 46.2 Å². The quantitative estimate of drug-likeness (QED) is 0.891. The Bertz CT molecular complexity index is 656. The van der Waals surface area contributed by atoms with Crippen molar-refractivity contribution in [2.75, 3.05) is 0 Å². The summed E-state index contributed by atoms with van der Waals surface area (Å²) in [5, 5.41) is 0.630. The monoisotopic (exact) mass is 244 g/mol. The summed E-state index contributed by atoms with van der Waals surface area (Å²) in [4.78, 5) is 23.4. The van der Waals surface area contributed by atoms with E-state index in [1.54, 1.807) is 16.8 Å². The molecule has 1 aromatic carbocycles. The molecule has 0 aliphatic rings. The maximum atomic E-state index is 12.3. The number of nitrogens with zero attached hydrogens (tertiary/aromatic N) is 1. The number of fused-ring (bicyclic) bond motifs is 1. The number of benzene rings is 1. The van der Waals surface area contributed by atoms with E-state index in [2.05, 4.69) is 0 Å². The molecule has 0 fully saturated rings. The molecule has 18 heavy (non-hydrogen) atoms. The van der Waals surface area contributed by atoms with Gasteiger partial charge in [0.1, 0.15) is 6.54 Å². The van der Waals surface area contributed by atoms with Crippen molar-refractivity contribution in [2.24, 2.45) is 5.73 Å². The Morgan fingerprint density at radius 3 is 2.61 bits per heavy atom. The maximum absolute atomic E-state index is 12.3. The molecule has 2 N–H and O–H groups in total. The molecule has 1 heterocycles. The van der Waals surface area contributed by atoms with Crippen molar-refractivity contribution in [1.29, 1.82) is 0 Å². The van der Waals surface area contributed by atoms with E-state index in [-0.39, 0.29) is 17.9 Å². The van der Waals surface area contributed by atoms with E-state index in [1.165, 1.54) is 0 Å². The van der Waals surface area contributed by atoms with Crippen molar-refractivity contribution < 1.29 is 4.79 Å². The molecule has 0 aliphatic heterocycles. The highest BCUT2D eigenvalue weighted by Gasteiger charge is 2.12. The Hall–Kier alpha value is -2.10. The summed E-state index contributed by atoms with van der Waals surface area (Å²) < 4.78 is 1.74. The van der Waals surface area contributed by atoms with Gasteiger partial charge >= 0.3 is 0 Å². The van der Waals surface area contributed by atoms with E-state index in [0.29, 0.717) is 10.9 Å². The molecule has 0 spiro atoms. The van der Waals surface area contributed by atoms with Crippen molar-refractivity contribution in [1.82, 2.24) is 4.57 Å². The van der Waals surface area contributed by atoms with Gasteiger partial charge in [0.25, 0.3) is 0 Å². The predicted molar refractivity (Wildman–Crippen MR) is 71.5 cm³/mol. The summed E-state index contributed by atoms with van der Waals surface area (Å²) in [6.45, 7) is 4.00. The van der Waals surface area contributed by atoms with Crippen molar-refractivity contribution >= 4 is 16.8 Å². The zero-order chi connectivity index (χ0) is 13.3. The third-order valence-electron chi connectivity index (χ3n) is 2.96. The molecule has 0 saturated heterocycles. The fourth-order valence-corrected chi connectivity index (χ4v) is 2.08. The number of pyridine rings is 1. The van der Waals surface area contributed by atoms with Gasteiger partial charge in [0, 0.05) is 17.1 Å². The number of hydrogen-bond acceptors (Lipinski definition) is 2. The van der Waals surface area contributed by atoms with Gasteiger partial charge in [-0.1, -0.05) is 26.0 Å². The van der Waals surface area contributed by atoms with Crippen LogP contribution in [0.25, 0.3) is 10.9 Å². The molecule has 0 saturated carbocycles. The lowest BCUT2D eigenvalue weighted by Gasteiger charge is -2.13. The van der Waals surface area contributed by atoms with E-state index < -0.39 is 5.91 Å². The van der Waals surface area contributed by atoms with Crippen LogP contribution in [-0.2, 0) is 11.3 Å². The molecular formula is C14H16N2O2. The van der Waals surface area contributed by atoms with Crippen molar-refractivity contribution in [3.8, 4) is 0 Å². The first-order valence-electron chi connectivity index (χ1n) is 5.91. The minimum atomic E-state index is -0.418. The van der Waals surface area contributed by atoms with Gasteiger partial charge in [0.05, 0.1) is 5.52 Å². The average molecular weight is 244 g/mol. The number of nitrogens with two attached hydrogens (primary N) is 1. The Labute approximate surface area is 105 Å². The van der Waals surface area contributed by atoms with Crippen LogP contribution in [0.1, 0.15) is 25.3 Å². The molecule has 0 atom stereocenters. The second-order valence-corrected chi connectivity index (χ2v) is 4.68. The first-order valence-corrected chi connectivity index (χ1v) is 5.91. The number of aromatic nitrogens is 1. The maximum Gasteiger partial charge on any atom is 0.237 e. The minimum absolute atomic E-state index is 0.0290. The molecule has 94 valence electrons. The van der Waals surface area contributed by atoms with Crippen LogP contribution in [0.15, 0.2) is 35.3 Å². The Morgan fingerprint density at radius 2 is 2.00 bits per heavy atom. The lowest BCUT2D eigenvalue weighted by molar-refractivity contribution is -0.118. The number of carbonyl (C=O) groups excluding carboxylic acids is 1. The molecular weight excluding hydrogens is 228 g/mol. The molecule has 4 nitrogen and oxygen atoms in total. The van der Waals surface area contributed by atoms with Crippen molar-refractivity contribution in [3.63, 3.8) is 0 Å². The standard InChI is InChI=1S/C14H16N2O2/c1-9(2)11-7-16(8-13(15)17)12-6-4-3-5-10(12)14(11)18/h3-7,9H,8H2,1-2H3,(H2,15,17). The molecule has 1 aromatic heterocycles. The number of primary amides is 1. The highest BCUT2D eigenvalue weighted by molar-refractivity contribution is 5.82. The van der Waals surface area contributed by atoms with Crippen LogP contribution in [0.3, 0.4) is 0 Å². The average Bonchev–Trinajstić information content (AvgIpc) is 2.32. The zero-order valence-corrected chi connectivity index (χ0v) is 10.5. The van der Waals surface area contributed by atoms with E-state index >= 15 is 0 Å². The second-order valence-electron chi connectivity index (χ2n) is 4.68. The van der Waals surface area contributed by atoms with E-state index in [0.717, 1.165) is 5.52 Å². The van der Waals surface area contributed by atoms with E-state index in [1.807, 2.05) is 32.0 Å². The number of rotatable bonds is 3. The highest BCUT2D eigenvalue weighted by Crippen LogP contribution is 2.16. The van der Waals surface area contributed by atoms with Gasteiger partial charge in [-0.15, -0.1) is 0 Å². The van der Waals surface area contributed by atoms with Gasteiger partial charge in [0.2, 0.25) is 5.91 Å². The number of para-hydroxylation sites is 1. The first-order chi connectivity index (χ1) is 8.50.